The molecule has 0 heterocycles. The van der Waals surface area contributed by atoms with Gasteiger partial charge in [-0.2, -0.15) is 0 Å². The van der Waals surface area contributed by atoms with Crippen molar-refractivity contribution >= 4 is 0 Å². The average Bonchev–Trinajstić information content (AvgIpc) is 3.26. The molecule has 0 unspecified atom stereocenters. The van der Waals surface area contributed by atoms with Crippen LogP contribution in [0.5, 0.6) is 0 Å². The van der Waals surface area contributed by atoms with Crippen LogP contribution in [0.4, 0.5) is 13.2 Å². The van der Waals surface area contributed by atoms with Crippen LogP contribution in [-0.2, 0) is 0 Å². The largest absolute Gasteiger partial charge is 0.204 e. The Morgan fingerprint density at radius 1 is 0.607 bits per heavy atom. The Balaban J connectivity index is 1.18. The molecule has 0 radical (unpaired) electrons. The van der Waals surface area contributed by atoms with Gasteiger partial charge in [-0.1, -0.05) is 51.4 Å². The molecule has 0 spiro atoms. The molecule has 3 fully saturated rings. The first-order valence-electron chi connectivity index (χ1n) is 11.7. The molecule has 0 aliphatic heterocycles. The lowest BCUT2D eigenvalue weighted by Crippen LogP contribution is -2.21. The van der Waals surface area contributed by atoms with Gasteiger partial charge in [0.15, 0.2) is 17.5 Å². The van der Waals surface area contributed by atoms with E-state index in [2.05, 4.69) is 0 Å². The third kappa shape index (κ3) is 4.76. The summed E-state index contributed by atoms with van der Waals surface area (Å²) >= 11 is 0. The first-order chi connectivity index (χ1) is 13.6. The summed E-state index contributed by atoms with van der Waals surface area (Å²) in [5, 5.41) is 0. The fourth-order valence-corrected chi connectivity index (χ4v) is 6.44. The minimum absolute atomic E-state index is 0.183. The quantitative estimate of drug-likeness (QED) is 0.443. The van der Waals surface area contributed by atoms with Gasteiger partial charge >= 0.3 is 0 Å². The zero-order valence-corrected chi connectivity index (χ0v) is 17.1. The van der Waals surface area contributed by atoms with Crippen molar-refractivity contribution in [2.24, 2.45) is 23.7 Å². The van der Waals surface area contributed by atoms with Crippen LogP contribution in [0, 0.1) is 41.1 Å². The van der Waals surface area contributed by atoms with E-state index in [9.17, 15) is 13.2 Å². The molecule has 28 heavy (non-hydrogen) atoms. The molecule has 0 aromatic heterocycles. The van der Waals surface area contributed by atoms with Crippen LogP contribution in [0.2, 0.25) is 0 Å². The summed E-state index contributed by atoms with van der Waals surface area (Å²) in [4.78, 5) is 0. The van der Waals surface area contributed by atoms with Crippen molar-refractivity contribution in [3.05, 3.63) is 35.1 Å². The maximum atomic E-state index is 13.5. The Morgan fingerprint density at radius 2 is 1.07 bits per heavy atom. The van der Waals surface area contributed by atoms with Gasteiger partial charge in [0, 0.05) is 0 Å². The molecule has 4 rings (SSSR count). The molecular weight excluding hydrogens is 357 g/mol. The number of hydrogen-bond donors (Lipinski definition) is 0. The number of hydrogen-bond acceptors (Lipinski definition) is 0. The Labute approximate surface area is 168 Å². The van der Waals surface area contributed by atoms with Gasteiger partial charge in [0.25, 0.3) is 0 Å². The van der Waals surface area contributed by atoms with Gasteiger partial charge in [0.1, 0.15) is 0 Å². The van der Waals surface area contributed by atoms with Crippen LogP contribution in [0.1, 0.15) is 101 Å². The van der Waals surface area contributed by atoms with E-state index in [1.807, 2.05) is 0 Å². The van der Waals surface area contributed by atoms with Gasteiger partial charge in [-0.3, -0.25) is 0 Å². The Morgan fingerprint density at radius 3 is 1.61 bits per heavy atom. The van der Waals surface area contributed by atoms with Crippen molar-refractivity contribution < 1.29 is 13.2 Å². The van der Waals surface area contributed by atoms with Crippen molar-refractivity contribution in [2.45, 2.75) is 95.8 Å². The third-order valence-electron chi connectivity index (χ3n) is 8.27. The maximum Gasteiger partial charge on any atom is 0.194 e. The highest BCUT2D eigenvalue weighted by Gasteiger charge is 2.30. The molecule has 156 valence electrons. The Kier molecular flexibility index (Phi) is 6.68. The first kappa shape index (κ1) is 20.3. The minimum Gasteiger partial charge on any atom is -0.204 e. The van der Waals surface area contributed by atoms with Crippen LogP contribution < -0.4 is 0 Å². The van der Waals surface area contributed by atoms with E-state index in [-0.39, 0.29) is 5.92 Å². The summed E-state index contributed by atoms with van der Waals surface area (Å²) < 4.78 is 40.2. The molecule has 3 aliphatic carbocycles. The molecule has 1 aromatic carbocycles. The molecule has 0 nitrogen and oxygen atoms in total. The molecule has 0 N–H and O–H groups in total. The highest BCUT2D eigenvalue weighted by atomic mass is 19.2. The zero-order valence-electron chi connectivity index (χ0n) is 17.1. The highest BCUT2D eigenvalue weighted by Crippen LogP contribution is 2.43. The van der Waals surface area contributed by atoms with Crippen LogP contribution in [-0.4, -0.2) is 0 Å². The van der Waals surface area contributed by atoms with E-state index < -0.39 is 17.5 Å². The predicted octanol–water partition coefficient (Wildman–Crippen LogP) is 8.15. The number of halogens is 3. The van der Waals surface area contributed by atoms with E-state index in [1.165, 1.54) is 76.3 Å². The fourth-order valence-electron chi connectivity index (χ4n) is 6.44. The van der Waals surface area contributed by atoms with Crippen LogP contribution in [0.25, 0.3) is 0 Å². The SMILES string of the molecule is Fc1cc([C@H]2CC[C@H](CC[C@H]3CC[C@H](C4CCCC4)CC3)CC2)cc(F)c1F. The van der Waals surface area contributed by atoms with Crippen molar-refractivity contribution in [1.29, 1.82) is 0 Å². The van der Waals surface area contributed by atoms with Crippen molar-refractivity contribution in [1.82, 2.24) is 0 Å². The van der Waals surface area contributed by atoms with E-state index >= 15 is 0 Å². The fraction of sp³-hybridized carbons (Fsp3) is 0.760. The summed E-state index contributed by atoms with van der Waals surface area (Å²) in [7, 11) is 0. The number of rotatable bonds is 5. The molecule has 0 bridgehead atoms. The van der Waals surface area contributed by atoms with Gasteiger partial charge in [0.2, 0.25) is 0 Å². The zero-order chi connectivity index (χ0) is 19.5. The second-order valence-electron chi connectivity index (χ2n) is 9.92. The van der Waals surface area contributed by atoms with Crippen molar-refractivity contribution in [3.63, 3.8) is 0 Å². The summed E-state index contributed by atoms with van der Waals surface area (Å²) in [6.07, 6.45) is 18.6. The predicted molar refractivity (Wildman–Crippen MR) is 108 cm³/mol. The van der Waals surface area contributed by atoms with Gasteiger partial charge < -0.3 is 0 Å². The summed E-state index contributed by atoms with van der Waals surface area (Å²) in [6, 6.07) is 2.40. The maximum absolute atomic E-state index is 13.5. The summed E-state index contributed by atoms with van der Waals surface area (Å²) in [6.45, 7) is 0. The second kappa shape index (κ2) is 9.22. The topological polar surface area (TPSA) is 0 Å². The summed E-state index contributed by atoms with van der Waals surface area (Å²) in [5.41, 5.74) is 0.639. The van der Waals surface area contributed by atoms with Gasteiger partial charge in [-0.05, 0) is 85.8 Å². The lowest BCUT2D eigenvalue weighted by Gasteiger charge is -2.34. The van der Waals surface area contributed by atoms with E-state index in [0.29, 0.717) is 5.56 Å². The molecule has 3 heteroatoms. The highest BCUT2D eigenvalue weighted by molar-refractivity contribution is 5.23. The lowest BCUT2D eigenvalue weighted by atomic mass is 9.72. The summed E-state index contributed by atoms with van der Waals surface area (Å²) in [5.74, 6) is 0.483. The number of benzene rings is 1. The smallest absolute Gasteiger partial charge is 0.194 e. The standard InChI is InChI=1S/C25H35F3/c26-23-15-22(16-24(27)25(23)28)21-13-9-18(10-14-21)6-5-17-7-11-20(12-8-17)19-3-1-2-4-19/h15-21H,1-14H2/t17-,18-,20-,21-. The van der Waals surface area contributed by atoms with Gasteiger partial charge in [-0.25, -0.2) is 13.2 Å². The molecule has 3 aliphatic rings. The molecule has 0 saturated heterocycles. The molecule has 0 amide bonds. The molecule has 1 aromatic rings. The van der Waals surface area contributed by atoms with Gasteiger partial charge in [-0.15, -0.1) is 0 Å². The van der Waals surface area contributed by atoms with Crippen molar-refractivity contribution in [2.75, 3.05) is 0 Å². The molecular formula is C25H35F3. The first-order valence-corrected chi connectivity index (χ1v) is 11.7. The Bertz CT molecular complexity index is 610. The lowest BCUT2D eigenvalue weighted by molar-refractivity contribution is 0.187. The van der Waals surface area contributed by atoms with E-state index in [1.54, 1.807) is 0 Å². The third-order valence-corrected chi connectivity index (χ3v) is 8.27. The van der Waals surface area contributed by atoms with E-state index in [0.717, 1.165) is 49.4 Å². The van der Waals surface area contributed by atoms with Crippen LogP contribution in [0.15, 0.2) is 12.1 Å². The average molecular weight is 393 g/mol. The Hall–Kier alpha value is -0.990. The monoisotopic (exact) mass is 392 g/mol. The minimum atomic E-state index is -1.35. The van der Waals surface area contributed by atoms with Crippen LogP contribution in [0.3, 0.4) is 0 Å². The molecule has 0 atom stereocenters. The van der Waals surface area contributed by atoms with Gasteiger partial charge in [0.05, 0.1) is 0 Å². The van der Waals surface area contributed by atoms with E-state index in [4.69, 9.17) is 0 Å². The molecule has 3 saturated carbocycles. The van der Waals surface area contributed by atoms with Crippen molar-refractivity contribution in [3.8, 4) is 0 Å². The normalized spacial score (nSPS) is 32.0. The second-order valence-corrected chi connectivity index (χ2v) is 9.92. The van der Waals surface area contributed by atoms with Crippen LogP contribution >= 0.6 is 0 Å².